The van der Waals surface area contributed by atoms with Crippen LogP contribution < -0.4 is 9.47 Å². The molecule has 0 unspecified atom stereocenters. The number of benzene rings is 1. The highest BCUT2D eigenvalue weighted by Gasteiger charge is 2.02. The lowest BCUT2D eigenvalue weighted by Gasteiger charge is -2.20. The lowest BCUT2D eigenvalue weighted by Crippen LogP contribution is -2.29. The minimum atomic E-state index is 0.688. The topological polar surface area (TPSA) is 21.7 Å². The van der Waals surface area contributed by atoms with Crippen LogP contribution in [0.15, 0.2) is 36.4 Å². The van der Waals surface area contributed by atoms with Crippen LogP contribution in [0.4, 0.5) is 0 Å². The molecule has 18 heavy (non-hydrogen) atoms. The van der Waals surface area contributed by atoms with E-state index in [1.807, 2.05) is 31.2 Å². The Morgan fingerprint density at radius 1 is 1.22 bits per heavy atom. The second kappa shape index (κ2) is 7.77. The quantitative estimate of drug-likeness (QED) is 0.661. The van der Waals surface area contributed by atoms with E-state index in [0.29, 0.717) is 6.61 Å². The van der Waals surface area contributed by atoms with Gasteiger partial charge in [0.15, 0.2) is 0 Å². The maximum atomic E-state index is 5.69. The first-order valence-electron chi connectivity index (χ1n) is 6.29. The Balaban J connectivity index is 2.33. The summed E-state index contributed by atoms with van der Waals surface area (Å²) in [6.45, 7) is 11.7. The molecule has 0 aliphatic rings. The maximum absolute atomic E-state index is 5.69. The highest BCUT2D eigenvalue weighted by molar-refractivity contribution is 5.31. The van der Waals surface area contributed by atoms with Crippen LogP contribution >= 0.6 is 0 Å². The SMILES string of the molecule is C=C(C)CN(CC)CCOc1ccc(OC)cc1. The molecule has 0 N–H and O–H groups in total. The van der Waals surface area contributed by atoms with Gasteiger partial charge in [-0.1, -0.05) is 19.1 Å². The van der Waals surface area contributed by atoms with Gasteiger partial charge >= 0.3 is 0 Å². The van der Waals surface area contributed by atoms with Crippen molar-refractivity contribution in [2.75, 3.05) is 33.4 Å². The third-order valence-corrected chi connectivity index (χ3v) is 2.68. The van der Waals surface area contributed by atoms with Crippen LogP contribution in [-0.4, -0.2) is 38.3 Å². The maximum Gasteiger partial charge on any atom is 0.119 e. The number of hydrogen-bond acceptors (Lipinski definition) is 3. The summed E-state index contributed by atoms with van der Waals surface area (Å²) in [5, 5.41) is 0. The van der Waals surface area contributed by atoms with E-state index in [1.54, 1.807) is 7.11 Å². The molecule has 1 rings (SSSR count). The Labute approximate surface area is 110 Å². The van der Waals surface area contributed by atoms with Gasteiger partial charge in [0, 0.05) is 13.1 Å². The molecule has 0 bridgehead atoms. The van der Waals surface area contributed by atoms with Crippen LogP contribution in [0.3, 0.4) is 0 Å². The molecule has 0 saturated carbocycles. The molecule has 0 aromatic heterocycles. The van der Waals surface area contributed by atoms with Crippen molar-refractivity contribution in [2.45, 2.75) is 13.8 Å². The predicted octanol–water partition coefficient (Wildman–Crippen LogP) is 2.97. The standard InChI is InChI=1S/C15H23NO2/c1-5-16(12-13(2)3)10-11-18-15-8-6-14(17-4)7-9-15/h6-9H,2,5,10-12H2,1,3-4H3. The number of hydrogen-bond donors (Lipinski definition) is 0. The Bertz CT molecular complexity index is 359. The number of methoxy groups -OCH3 is 1. The van der Waals surface area contributed by atoms with Gasteiger partial charge in [-0.3, -0.25) is 4.90 Å². The van der Waals surface area contributed by atoms with E-state index >= 15 is 0 Å². The van der Waals surface area contributed by atoms with Gasteiger partial charge in [0.25, 0.3) is 0 Å². The second-order valence-corrected chi connectivity index (χ2v) is 4.35. The van der Waals surface area contributed by atoms with Crippen LogP contribution in [0.1, 0.15) is 13.8 Å². The highest BCUT2D eigenvalue weighted by Crippen LogP contribution is 2.16. The van der Waals surface area contributed by atoms with Gasteiger partial charge in [-0.25, -0.2) is 0 Å². The number of likely N-dealkylation sites (N-methyl/N-ethyl adjacent to an activating group) is 1. The van der Waals surface area contributed by atoms with E-state index in [2.05, 4.69) is 18.4 Å². The highest BCUT2D eigenvalue weighted by atomic mass is 16.5. The van der Waals surface area contributed by atoms with E-state index in [-0.39, 0.29) is 0 Å². The van der Waals surface area contributed by atoms with Crippen LogP contribution in [0, 0.1) is 0 Å². The lowest BCUT2D eigenvalue weighted by molar-refractivity contribution is 0.227. The number of rotatable bonds is 8. The summed E-state index contributed by atoms with van der Waals surface area (Å²) in [6.07, 6.45) is 0. The first kappa shape index (κ1) is 14.6. The Morgan fingerprint density at radius 2 is 1.83 bits per heavy atom. The molecule has 3 nitrogen and oxygen atoms in total. The van der Waals surface area contributed by atoms with E-state index in [1.165, 1.54) is 5.57 Å². The molecule has 0 saturated heterocycles. The predicted molar refractivity (Wildman–Crippen MR) is 75.4 cm³/mol. The van der Waals surface area contributed by atoms with Crippen molar-refractivity contribution in [1.29, 1.82) is 0 Å². The van der Waals surface area contributed by atoms with Crippen LogP contribution in [0.5, 0.6) is 11.5 Å². The molecule has 0 heterocycles. The van der Waals surface area contributed by atoms with Gasteiger partial charge in [0.1, 0.15) is 18.1 Å². The van der Waals surface area contributed by atoms with Gasteiger partial charge in [-0.05, 0) is 37.7 Å². The van der Waals surface area contributed by atoms with Crippen molar-refractivity contribution in [3.63, 3.8) is 0 Å². The Kier molecular flexibility index (Phi) is 6.29. The molecule has 1 aromatic rings. The summed E-state index contributed by atoms with van der Waals surface area (Å²) < 4.78 is 10.8. The zero-order valence-corrected chi connectivity index (χ0v) is 11.6. The summed E-state index contributed by atoms with van der Waals surface area (Å²) in [7, 11) is 1.66. The Morgan fingerprint density at radius 3 is 2.33 bits per heavy atom. The minimum absolute atomic E-state index is 0.688. The van der Waals surface area contributed by atoms with Gasteiger partial charge in [0.05, 0.1) is 7.11 Å². The summed E-state index contributed by atoms with van der Waals surface area (Å²) in [5.74, 6) is 1.72. The molecule has 3 heteroatoms. The third-order valence-electron chi connectivity index (χ3n) is 2.68. The van der Waals surface area contributed by atoms with Crippen LogP contribution in [0.2, 0.25) is 0 Å². The first-order valence-corrected chi connectivity index (χ1v) is 6.29. The Hall–Kier alpha value is -1.48. The third kappa shape index (κ3) is 5.23. The van der Waals surface area contributed by atoms with Gasteiger partial charge in [-0.2, -0.15) is 0 Å². The average molecular weight is 249 g/mol. The zero-order valence-electron chi connectivity index (χ0n) is 11.6. The normalized spacial score (nSPS) is 10.4. The molecule has 0 atom stereocenters. The number of ether oxygens (including phenoxy) is 2. The van der Waals surface area contributed by atoms with E-state index < -0.39 is 0 Å². The van der Waals surface area contributed by atoms with Crippen molar-refractivity contribution in [1.82, 2.24) is 4.90 Å². The summed E-state index contributed by atoms with van der Waals surface area (Å²) in [6, 6.07) is 7.66. The number of nitrogens with zero attached hydrogens (tertiary/aromatic N) is 1. The van der Waals surface area contributed by atoms with Crippen molar-refractivity contribution >= 4 is 0 Å². The van der Waals surface area contributed by atoms with Crippen molar-refractivity contribution in [3.8, 4) is 11.5 Å². The fourth-order valence-corrected chi connectivity index (χ4v) is 1.70. The molecular formula is C15H23NO2. The van der Waals surface area contributed by atoms with Crippen molar-refractivity contribution < 1.29 is 9.47 Å². The second-order valence-electron chi connectivity index (χ2n) is 4.35. The van der Waals surface area contributed by atoms with Crippen molar-refractivity contribution in [3.05, 3.63) is 36.4 Å². The van der Waals surface area contributed by atoms with Gasteiger partial charge in [-0.15, -0.1) is 0 Å². The fraction of sp³-hybridized carbons (Fsp3) is 0.467. The molecule has 100 valence electrons. The van der Waals surface area contributed by atoms with E-state index in [9.17, 15) is 0 Å². The smallest absolute Gasteiger partial charge is 0.119 e. The van der Waals surface area contributed by atoms with E-state index in [0.717, 1.165) is 31.1 Å². The molecular weight excluding hydrogens is 226 g/mol. The summed E-state index contributed by atoms with van der Waals surface area (Å²) in [4.78, 5) is 2.31. The zero-order chi connectivity index (χ0) is 13.4. The summed E-state index contributed by atoms with van der Waals surface area (Å²) >= 11 is 0. The van der Waals surface area contributed by atoms with Gasteiger partial charge < -0.3 is 9.47 Å². The molecule has 0 aliphatic carbocycles. The van der Waals surface area contributed by atoms with Gasteiger partial charge in [0.2, 0.25) is 0 Å². The van der Waals surface area contributed by atoms with E-state index in [4.69, 9.17) is 9.47 Å². The summed E-state index contributed by atoms with van der Waals surface area (Å²) in [5.41, 5.74) is 1.18. The molecule has 1 aromatic carbocycles. The molecule has 0 fully saturated rings. The molecule has 0 radical (unpaired) electrons. The molecule has 0 amide bonds. The van der Waals surface area contributed by atoms with Crippen LogP contribution in [0.25, 0.3) is 0 Å². The minimum Gasteiger partial charge on any atom is -0.497 e. The lowest BCUT2D eigenvalue weighted by atomic mass is 10.3. The molecule has 0 spiro atoms. The average Bonchev–Trinajstić information content (AvgIpc) is 2.38. The van der Waals surface area contributed by atoms with Crippen LogP contribution in [-0.2, 0) is 0 Å². The fourth-order valence-electron chi connectivity index (χ4n) is 1.70. The van der Waals surface area contributed by atoms with Crippen molar-refractivity contribution in [2.24, 2.45) is 0 Å². The molecule has 0 aliphatic heterocycles. The first-order chi connectivity index (χ1) is 8.65. The largest absolute Gasteiger partial charge is 0.497 e. The monoisotopic (exact) mass is 249 g/mol.